The molecule has 7 aromatic carbocycles. The van der Waals surface area contributed by atoms with Crippen molar-refractivity contribution >= 4 is 66.0 Å². The van der Waals surface area contributed by atoms with E-state index in [-0.39, 0.29) is 0 Å². The van der Waals surface area contributed by atoms with Crippen molar-refractivity contribution in [3.8, 4) is 0 Å². The molecule has 0 aliphatic carbocycles. The summed E-state index contributed by atoms with van der Waals surface area (Å²) >= 11 is 0. The standard InChI is InChI=1S/C32H20/c1-3-10-27-25(6-1)20-26-7-2-4-11-28(26)30(27)19-16-21-12-13-24-15-14-22-8-5-9-23-17-18-29(21)32(24)31(22)23/h1-20H/b19-16+. The van der Waals surface area contributed by atoms with Crippen LogP contribution in [0.25, 0.3) is 66.0 Å². The normalized spacial score (nSPS) is 12.2. The third kappa shape index (κ3) is 2.50. The van der Waals surface area contributed by atoms with Crippen LogP contribution in [0.4, 0.5) is 0 Å². The molecule has 0 aliphatic heterocycles. The summed E-state index contributed by atoms with van der Waals surface area (Å²) in [5.41, 5.74) is 2.54. The number of rotatable bonds is 2. The average molecular weight is 405 g/mol. The van der Waals surface area contributed by atoms with Gasteiger partial charge in [-0.3, -0.25) is 0 Å². The van der Waals surface area contributed by atoms with E-state index in [1.165, 1.54) is 65.0 Å². The van der Waals surface area contributed by atoms with Gasteiger partial charge in [-0.15, -0.1) is 0 Å². The molecule has 32 heavy (non-hydrogen) atoms. The van der Waals surface area contributed by atoms with Gasteiger partial charge in [-0.25, -0.2) is 0 Å². The minimum Gasteiger partial charge on any atom is -0.0616 e. The first-order chi connectivity index (χ1) is 15.9. The van der Waals surface area contributed by atoms with Crippen molar-refractivity contribution in [1.82, 2.24) is 0 Å². The summed E-state index contributed by atoms with van der Waals surface area (Å²) in [5.74, 6) is 0. The molecule has 0 aromatic heterocycles. The lowest BCUT2D eigenvalue weighted by atomic mass is 9.91. The van der Waals surface area contributed by atoms with E-state index >= 15 is 0 Å². The van der Waals surface area contributed by atoms with Gasteiger partial charge >= 0.3 is 0 Å². The first-order valence-corrected chi connectivity index (χ1v) is 11.1. The molecule has 0 saturated heterocycles. The molecule has 7 aromatic rings. The molecule has 0 aliphatic rings. The molecule has 148 valence electrons. The van der Waals surface area contributed by atoms with Crippen molar-refractivity contribution in [2.24, 2.45) is 0 Å². The van der Waals surface area contributed by atoms with Crippen LogP contribution in [-0.2, 0) is 0 Å². The number of fused-ring (bicyclic) bond motifs is 2. The van der Waals surface area contributed by atoms with Crippen LogP contribution in [0.15, 0.2) is 109 Å². The van der Waals surface area contributed by atoms with Gasteiger partial charge in [0.1, 0.15) is 0 Å². The highest BCUT2D eigenvalue weighted by Crippen LogP contribution is 2.37. The average Bonchev–Trinajstić information content (AvgIpc) is 2.85. The Bertz CT molecular complexity index is 1750. The van der Waals surface area contributed by atoms with Gasteiger partial charge in [-0.1, -0.05) is 115 Å². The Morgan fingerprint density at radius 2 is 0.938 bits per heavy atom. The maximum Gasteiger partial charge on any atom is -0.00208 e. The quantitative estimate of drug-likeness (QED) is 0.153. The Balaban J connectivity index is 1.51. The lowest BCUT2D eigenvalue weighted by Gasteiger charge is -2.13. The van der Waals surface area contributed by atoms with Crippen molar-refractivity contribution in [1.29, 1.82) is 0 Å². The first kappa shape index (κ1) is 17.5. The minimum atomic E-state index is 1.26. The summed E-state index contributed by atoms with van der Waals surface area (Å²) in [6.07, 6.45) is 4.59. The maximum atomic E-state index is 2.30. The van der Waals surface area contributed by atoms with Crippen molar-refractivity contribution in [2.45, 2.75) is 0 Å². The topological polar surface area (TPSA) is 0 Å². The van der Waals surface area contributed by atoms with Crippen molar-refractivity contribution in [3.05, 3.63) is 120 Å². The first-order valence-electron chi connectivity index (χ1n) is 11.1. The van der Waals surface area contributed by atoms with Gasteiger partial charge in [0.05, 0.1) is 0 Å². The third-order valence-electron chi connectivity index (χ3n) is 6.80. The molecule has 0 nitrogen and oxygen atoms in total. The molecular weight excluding hydrogens is 384 g/mol. The smallest absolute Gasteiger partial charge is 0.00208 e. The largest absolute Gasteiger partial charge is 0.0616 e. The molecule has 0 radical (unpaired) electrons. The fourth-order valence-electron chi connectivity index (χ4n) is 5.30. The third-order valence-corrected chi connectivity index (χ3v) is 6.80. The van der Waals surface area contributed by atoms with Crippen LogP contribution >= 0.6 is 0 Å². The molecule has 0 fully saturated rings. The highest BCUT2D eigenvalue weighted by Gasteiger charge is 2.10. The molecular formula is C32H20. The monoisotopic (exact) mass is 404 g/mol. The Labute approximate surface area is 186 Å². The molecule has 0 bridgehead atoms. The van der Waals surface area contributed by atoms with Crippen LogP contribution in [0.1, 0.15) is 11.1 Å². The zero-order chi connectivity index (χ0) is 21.1. The van der Waals surface area contributed by atoms with Crippen LogP contribution in [0.5, 0.6) is 0 Å². The summed E-state index contributed by atoms with van der Waals surface area (Å²) in [6.45, 7) is 0. The molecule has 0 heterocycles. The highest BCUT2D eigenvalue weighted by atomic mass is 14.1. The van der Waals surface area contributed by atoms with Crippen molar-refractivity contribution in [2.75, 3.05) is 0 Å². The van der Waals surface area contributed by atoms with Gasteiger partial charge in [-0.05, 0) is 71.1 Å². The van der Waals surface area contributed by atoms with E-state index in [0.717, 1.165) is 0 Å². The predicted octanol–water partition coefficient (Wildman–Crippen LogP) is 9.06. The van der Waals surface area contributed by atoms with Crippen LogP contribution < -0.4 is 0 Å². The van der Waals surface area contributed by atoms with Gasteiger partial charge in [0.25, 0.3) is 0 Å². The molecule has 0 saturated carbocycles. The van der Waals surface area contributed by atoms with E-state index in [1.807, 2.05) is 0 Å². The van der Waals surface area contributed by atoms with Crippen LogP contribution in [0, 0.1) is 0 Å². The Hall–Kier alpha value is -4.16. The van der Waals surface area contributed by atoms with Gasteiger partial charge in [-0.2, -0.15) is 0 Å². The Morgan fingerprint density at radius 3 is 1.66 bits per heavy atom. The number of benzene rings is 7. The SMILES string of the molecule is C(=C\c1ccc2ccc3cccc4ccc1c2c34)/c1c2ccccc2cc2ccccc12. The summed E-state index contributed by atoms with van der Waals surface area (Å²) in [4.78, 5) is 0. The lowest BCUT2D eigenvalue weighted by Crippen LogP contribution is -1.86. The lowest BCUT2D eigenvalue weighted by molar-refractivity contribution is 1.73. The molecule has 0 atom stereocenters. The van der Waals surface area contributed by atoms with Crippen molar-refractivity contribution in [3.63, 3.8) is 0 Å². The zero-order valence-electron chi connectivity index (χ0n) is 17.5. The van der Waals surface area contributed by atoms with Crippen LogP contribution in [0.2, 0.25) is 0 Å². The fraction of sp³-hybridized carbons (Fsp3) is 0. The predicted molar refractivity (Wildman–Crippen MR) is 141 cm³/mol. The molecule has 7 rings (SSSR count). The van der Waals surface area contributed by atoms with Gasteiger partial charge in [0.2, 0.25) is 0 Å². The van der Waals surface area contributed by atoms with E-state index in [4.69, 9.17) is 0 Å². The number of hydrogen-bond donors (Lipinski definition) is 0. The summed E-state index contributed by atoms with van der Waals surface area (Å²) < 4.78 is 0. The molecule has 0 heteroatoms. The summed E-state index contributed by atoms with van der Waals surface area (Å²) in [6, 6.07) is 39.8. The van der Waals surface area contributed by atoms with E-state index < -0.39 is 0 Å². The zero-order valence-corrected chi connectivity index (χ0v) is 17.5. The molecule has 0 spiro atoms. The highest BCUT2D eigenvalue weighted by molar-refractivity contribution is 6.24. The minimum absolute atomic E-state index is 1.26. The summed E-state index contributed by atoms with van der Waals surface area (Å²) in [5, 5.41) is 13.1. The molecule has 0 amide bonds. The van der Waals surface area contributed by atoms with Crippen LogP contribution in [0.3, 0.4) is 0 Å². The van der Waals surface area contributed by atoms with Gasteiger partial charge in [0.15, 0.2) is 0 Å². The van der Waals surface area contributed by atoms with E-state index in [2.05, 4.69) is 121 Å². The van der Waals surface area contributed by atoms with Gasteiger partial charge < -0.3 is 0 Å². The number of hydrogen-bond acceptors (Lipinski definition) is 0. The van der Waals surface area contributed by atoms with E-state index in [0.29, 0.717) is 0 Å². The molecule has 0 unspecified atom stereocenters. The Kier molecular flexibility index (Phi) is 3.65. The molecule has 0 N–H and O–H groups in total. The van der Waals surface area contributed by atoms with Crippen molar-refractivity contribution < 1.29 is 0 Å². The second kappa shape index (κ2) is 6.67. The van der Waals surface area contributed by atoms with E-state index in [1.54, 1.807) is 0 Å². The van der Waals surface area contributed by atoms with E-state index in [9.17, 15) is 0 Å². The second-order valence-electron chi connectivity index (χ2n) is 8.58. The second-order valence-corrected chi connectivity index (χ2v) is 8.58. The fourth-order valence-corrected chi connectivity index (χ4v) is 5.30. The Morgan fingerprint density at radius 1 is 0.375 bits per heavy atom. The maximum absolute atomic E-state index is 2.30. The van der Waals surface area contributed by atoms with Gasteiger partial charge in [0, 0.05) is 0 Å². The van der Waals surface area contributed by atoms with Crippen LogP contribution in [-0.4, -0.2) is 0 Å². The summed E-state index contributed by atoms with van der Waals surface area (Å²) in [7, 11) is 0.